The molecule has 0 amide bonds. The zero-order valence-electron chi connectivity index (χ0n) is 18.1. The quantitative estimate of drug-likeness (QED) is 0.131. The van der Waals surface area contributed by atoms with Crippen LogP contribution in [0.5, 0.6) is 11.5 Å². The van der Waals surface area contributed by atoms with Crippen LogP contribution in [0.2, 0.25) is 0 Å². The van der Waals surface area contributed by atoms with Crippen LogP contribution in [0.4, 0.5) is 17.6 Å². The first kappa shape index (κ1) is 32.5. The van der Waals surface area contributed by atoms with Crippen molar-refractivity contribution >= 4 is 42.3 Å². The molecule has 4 aromatic rings. The number of rotatable bonds is 6. The summed E-state index contributed by atoms with van der Waals surface area (Å²) < 4.78 is 120. The van der Waals surface area contributed by atoms with Gasteiger partial charge in [-0.05, 0) is 24.3 Å². The molecule has 0 bridgehead atoms. The van der Waals surface area contributed by atoms with Crippen LogP contribution in [0.15, 0.2) is 46.7 Å². The van der Waals surface area contributed by atoms with Crippen molar-refractivity contribution in [1.29, 1.82) is 0 Å². The van der Waals surface area contributed by atoms with Gasteiger partial charge >= 0.3 is 72.3 Å². The van der Waals surface area contributed by atoms with Crippen LogP contribution in [0.25, 0.3) is 22.1 Å². The number of H-pyrrole nitrogens is 2. The first-order chi connectivity index (χ1) is 15.7. The molecule has 4 rings (SSSR count). The smallest absolute Gasteiger partial charge is 0.742 e. The fourth-order valence-electron chi connectivity index (χ4n) is 2.52. The van der Waals surface area contributed by atoms with Gasteiger partial charge < -0.3 is 28.5 Å². The second-order valence-corrected chi connectivity index (χ2v) is 8.70. The number of ether oxygens (including phenoxy) is 2. The summed E-state index contributed by atoms with van der Waals surface area (Å²) in [5.74, 6) is -0.322. The van der Waals surface area contributed by atoms with Crippen molar-refractivity contribution < 1.29 is 112 Å². The summed E-state index contributed by atoms with van der Waals surface area (Å²) >= 11 is 0. The van der Waals surface area contributed by atoms with Gasteiger partial charge in [0.1, 0.15) is 11.5 Å². The molecule has 0 fully saturated rings. The molecule has 0 saturated carbocycles. The Balaban J connectivity index is 0.000000341. The molecule has 2 heterocycles. The van der Waals surface area contributed by atoms with Crippen molar-refractivity contribution in [2.75, 3.05) is 0 Å². The topological polar surface area (TPSA) is 190 Å². The number of hydrogen-bond acceptors (Lipinski definition) is 10. The molecule has 2 aromatic carbocycles. The Bertz CT molecular complexity index is 1430. The van der Waals surface area contributed by atoms with E-state index in [0.29, 0.717) is 0 Å². The van der Waals surface area contributed by atoms with Crippen LogP contribution < -0.4 is 68.6 Å². The number of aromatic nitrogens is 4. The van der Waals surface area contributed by atoms with Gasteiger partial charge in [-0.25, -0.2) is 26.8 Å². The molecule has 2 N–H and O–H groups in total. The summed E-state index contributed by atoms with van der Waals surface area (Å²) in [5, 5.41) is -1.52. The maximum atomic E-state index is 11.9. The normalized spacial score (nSPS) is 11.6. The van der Waals surface area contributed by atoms with Crippen molar-refractivity contribution in [3.63, 3.8) is 0 Å². The van der Waals surface area contributed by atoms with Gasteiger partial charge in [0.2, 0.25) is 10.3 Å². The second-order valence-electron chi connectivity index (χ2n) is 6.11. The van der Waals surface area contributed by atoms with Crippen LogP contribution >= 0.6 is 0 Å². The van der Waals surface area contributed by atoms with Crippen LogP contribution in [0, 0.1) is 0 Å². The predicted octanol–water partition coefficient (Wildman–Crippen LogP) is -3.86. The molecule has 0 atom stereocenters. The Kier molecular flexibility index (Phi) is 11.6. The minimum atomic E-state index is -4.71. The van der Waals surface area contributed by atoms with E-state index in [1.54, 1.807) is 0 Å². The molecule has 2 aromatic heterocycles. The average molecular weight is 572 g/mol. The van der Waals surface area contributed by atoms with E-state index in [1.807, 2.05) is 0 Å². The number of benzene rings is 2. The Morgan fingerprint density at radius 2 is 1.03 bits per heavy atom. The van der Waals surface area contributed by atoms with Gasteiger partial charge in [0.05, 0.1) is 22.1 Å². The second kappa shape index (κ2) is 12.9. The summed E-state index contributed by atoms with van der Waals surface area (Å²) in [6.07, 6.45) is 0. The molecule has 0 saturated heterocycles. The largest absolute Gasteiger partial charge is 1.00 e. The summed E-state index contributed by atoms with van der Waals surface area (Å²) in [6.45, 7) is -5.98. The number of imidazole rings is 2. The number of hydrogen-bond donors (Lipinski definition) is 2. The predicted molar refractivity (Wildman–Crippen MR) is 101 cm³/mol. The molecule has 0 aliphatic heterocycles. The van der Waals surface area contributed by atoms with E-state index in [2.05, 4.69) is 29.4 Å². The average Bonchev–Trinajstić information content (AvgIpc) is 3.30. The summed E-state index contributed by atoms with van der Waals surface area (Å²) in [7, 11) is -9.41. The molecule has 12 nitrogen and oxygen atoms in total. The summed E-state index contributed by atoms with van der Waals surface area (Å²) in [5.41, 5.74) is 0.581. The van der Waals surface area contributed by atoms with Gasteiger partial charge in [-0.15, -0.1) is 0 Å². The van der Waals surface area contributed by atoms with Crippen LogP contribution in [0.1, 0.15) is 0 Å². The molecule has 36 heavy (non-hydrogen) atoms. The zero-order valence-corrected chi connectivity index (χ0v) is 23.7. The molecule has 0 aliphatic rings. The summed E-state index contributed by atoms with van der Waals surface area (Å²) in [6, 6.07) is 7.16. The van der Waals surface area contributed by atoms with Gasteiger partial charge in [-0.3, -0.25) is 0 Å². The van der Waals surface area contributed by atoms with Gasteiger partial charge in [0, 0.05) is 12.1 Å². The fraction of sp³-hybridized carbons (Fsp3) is 0.125. The number of aromatic amines is 2. The van der Waals surface area contributed by atoms with E-state index in [0.717, 1.165) is 12.1 Å². The van der Waals surface area contributed by atoms with E-state index in [-0.39, 0.29) is 92.7 Å². The van der Waals surface area contributed by atoms with Gasteiger partial charge in [0.15, 0.2) is 20.2 Å². The van der Waals surface area contributed by atoms with Gasteiger partial charge in [-0.1, -0.05) is 0 Å². The number of alkyl halides is 4. The van der Waals surface area contributed by atoms with Crippen molar-refractivity contribution in [2.24, 2.45) is 0 Å². The van der Waals surface area contributed by atoms with E-state index in [4.69, 9.17) is 0 Å². The number of nitrogens with one attached hydrogen (secondary N) is 2. The molecular weight excluding hydrogens is 562 g/mol. The minimum Gasteiger partial charge on any atom is -0.742 e. The molecule has 0 unspecified atom stereocenters. The van der Waals surface area contributed by atoms with E-state index < -0.39 is 43.8 Å². The maximum absolute atomic E-state index is 11.9. The third kappa shape index (κ3) is 8.82. The fourth-order valence-corrected chi connectivity index (χ4v) is 3.41. The number of halogens is 4. The Morgan fingerprint density at radius 3 is 1.31 bits per heavy atom. The van der Waals surface area contributed by atoms with Gasteiger partial charge in [-0.2, -0.15) is 17.6 Å². The molecule has 20 heteroatoms. The first-order valence-electron chi connectivity index (χ1n) is 8.53. The molecule has 184 valence electrons. The Labute approximate surface area is 243 Å². The van der Waals surface area contributed by atoms with Gasteiger partial charge in [0.25, 0.3) is 0 Å². The minimum absolute atomic E-state index is 0. The maximum Gasteiger partial charge on any atom is 1.00 e. The standard InChI is InChI=1S/2C8H6F2N2O4S.2Na/c2*9-7(10)16-4-1-2-5-6(3-4)12-8(11-5)17(13,14)15;;/h2*1-3,7H,(H,11,12)(H,13,14,15);;/q;;2*+1/p-2. The van der Waals surface area contributed by atoms with E-state index in [9.17, 15) is 43.5 Å². The third-order valence-electron chi connectivity index (χ3n) is 3.79. The number of nitrogens with zero attached hydrogens (tertiary/aromatic N) is 2. The monoisotopic (exact) mass is 572 g/mol. The molecular formula is C16H10F4N4Na2O8S2. The molecule has 0 aliphatic carbocycles. The van der Waals surface area contributed by atoms with E-state index >= 15 is 0 Å². The van der Waals surface area contributed by atoms with Crippen molar-refractivity contribution in [3.05, 3.63) is 36.4 Å². The third-order valence-corrected chi connectivity index (χ3v) is 5.12. The van der Waals surface area contributed by atoms with Crippen molar-refractivity contribution in [1.82, 2.24) is 19.9 Å². The van der Waals surface area contributed by atoms with Crippen molar-refractivity contribution in [3.8, 4) is 11.5 Å². The number of fused-ring (bicyclic) bond motifs is 2. The molecule has 0 spiro atoms. The van der Waals surface area contributed by atoms with Crippen molar-refractivity contribution in [2.45, 2.75) is 23.5 Å². The Morgan fingerprint density at radius 1 is 0.694 bits per heavy atom. The van der Waals surface area contributed by atoms with Crippen LogP contribution in [0.3, 0.4) is 0 Å². The zero-order chi connectivity index (χ0) is 25.3. The van der Waals surface area contributed by atoms with Crippen LogP contribution in [-0.2, 0) is 20.2 Å². The SMILES string of the molecule is O=S(=O)([O-])c1nc2ccc(OC(F)F)cc2[nH]1.O=S(=O)([O-])c1nc2ccc(OC(F)F)cc2[nH]1.[Na+].[Na+]. The van der Waals surface area contributed by atoms with E-state index in [1.165, 1.54) is 24.3 Å². The first-order valence-corrected chi connectivity index (χ1v) is 11.3. The van der Waals surface area contributed by atoms with Crippen LogP contribution in [-0.4, -0.2) is 59.1 Å². The Hall–Kier alpha value is -1.48. The summed E-state index contributed by atoms with van der Waals surface area (Å²) in [4.78, 5) is 11.4. The molecule has 0 radical (unpaired) electrons.